The van der Waals surface area contributed by atoms with Gasteiger partial charge in [-0.3, -0.25) is 9.59 Å². The van der Waals surface area contributed by atoms with Crippen LogP contribution >= 0.6 is 22.9 Å². The smallest absolute Gasteiger partial charge is 0.296 e. The summed E-state index contributed by atoms with van der Waals surface area (Å²) in [5.74, 6) is -1.15. The molecule has 29 heavy (non-hydrogen) atoms. The van der Waals surface area contributed by atoms with Gasteiger partial charge in [0, 0.05) is 27.8 Å². The van der Waals surface area contributed by atoms with E-state index in [0.717, 1.165) is 26.4 Å². The van der Waals surface area contributed by atoms with Crippen molar-refractivity contribution in [1.29, 1.82) is 0 Å². The number of Topliss-reactive ketones (excluding diaryl/α,β-unsaturated/α-hetero) is 1. The maximum atomic E-state index is 13.1. The molecule has 6 heteroatoms. The Bertz CT molecular complexity index is 1210. The molecular formula is C23H19ClN2O2S. The number of aryl methyl sites for hydroxylation is 1. The number of thiophene rings is 1. The average molecular weight is 423 g/mol. The number of para-hydroxylation sites is 1. The molecule has 0 saturated carbocycles. The highest BCUT2D eigenvalue weighted by molar-refractivity contribution is 7.19. The van der Waals surface area contributed by atoms with Crippen LogP contribution in [0.2, 0.25) is 5.02 Å². The minimum absolute atomic E-state index is 0.473. The van der Waals surface area contributed by atoms with Crippen molar-refractivity contribution in [2.45, 2.75) is 20.4 Å². The molecule has 0 fully saturated rings. The summed E-state index contributed by atoms with van der Waals surface area (Å²) in [5.41, 5.74) is 3.90. The molecule has 0 saturated heterocycles. The number of halogens is 1. The molecule has 0 aliphatic heterocycles. The Hall–Kier alpha value is -2.89. The van der Waals surface area contributed by atoms with Gasteiger partial charge in [-0.2, -0.15) is 0 Å². The number of benzene rings is 2. The maximum Gasteiger partial charge on any atom is 0.296 e. The van der Waals surface area contributed by atoms with E-state index in [9.17, 15) is 9.59 Å². The van der Waals surface area contributed by atoms with Crippen LogP contribution in [0, 0.1) is 13.8 Å². The lowest BCUT2D eigenvalue weighted by Crippen LogP contribution is -2.23. The van der Waals surface area contributed by atoms with Crippen LogP contribution in [0.3, 0.4) is 0 Å². The quantitative estimate of drug-likeness (QED) is 0.324. The SMILES string of the molecule is Cc1cc2c(s1)c(C(=O)C(=O)Nc1ccccc1)c(C)n2Cc1ccc(Cl)cc1. The number of carbonyl (C=O) groups is 2. The van der Waals surface area contributed by atoms with Crippen molar-refractivity contribution < 1.29 is 9.59 Å². The van der Waals surface area contributed by atoms with Gasteiger partial charge in [0.2, 0.25) is 0 Å². The Morgan fingerprint density at radius 3 is 2.41 bits per heavy atom. The van der Waals surface area contributed by atoms with Crippen molar-refractivity contribution in [2.75, 3.05) is 5.32 Å². The molecule has 2 aromatic heterocycles. The molecule has 4 rings (SSSR count). The van der Waals surface area contributed by atoms with Gasteiger partial charge in [-0.25, -0.2) is 0 Å². The van der Waals surface area contributed by atoms with Crippen molar-refractivity contribution >= 4 is 50.5 Å². The fourth-order valence-electron chi connectivity index (χ4n) is 3.43. The van der Waals surface area contributed by atoms with Crippen molar-refractivity contribution in [2.24, 2.45) is 0 Å². The molecule has 0 unspecified atom stereocenters. The standard InChI is InChI=1S/C23H19ClN2O2S/c1-14-12-19-22(29-14)20(21(27)23(28)25-18-6-4-3-5-7-18)15(2)26(19)13-16-8-10-17(24)11-9-16/h3-12H,13H2,1-2H3,(H,25,28). The van der Waals surface area contributed by atoms with E-state index in [1.807, 2.05) is 56.3 Å². The molecule has 2 heterocycles. The summed E-state index contributed by atoms with van der Waals surface area (Å²) in [5, 5.41) is 3.38. The van der Waals surface area contributed by atoms with Crippen LogP contribution in [0.5, 0.6) is 0 Å². The molecule has 0 aliphatic carbocycles. The Morgan fingerprint density at radius 1 is 1.03 bits per heavy atom. The molecule has 0 bridgehead atoms. The fraction of sp³-hybridized carbons (Fsp3) is 0.130. The van der Waals surface area contributed by atoms with Gasteiger partial charge in [-0.1, -0.05) is 41.9 Å². The molecule has 0 radical (unpaired) electrons. The van der Waals surface area contributed by atoms with E-state index in [1.165, 1.54) is 11.3 Å². The molecule has 1 N–H and O–H groups in total. The second-order valence-electron chi connectivity index (χ2n) is 6.89. The number of rotatable bonds is 5. The predicted molar refractivity (Wildman–Crippen MR) is 119 cm³/mol. The van der Waals surface area contributed by atoms with E-state index in [4.69, 9.17) is 11.6 Å². The van der Waals surface area contributed by atoms with Gasteiger partial charge in [0.05, 0.1) is 15.8 Å². The van der Waals surface area contributed by atoms with Gasteiger partial charge in [0.1, 0.15) is 0 Å². The van der Waals surface area contributed by atoms with Crippen molar-refractivity contribution in [3.8, 4) is 0 Å². The number of anilines is 1. The van der Waals surface area contributed by atoms with Crippen LogP contribution in [0.1, 0.15) is 26.5 Å². The topological polar surface area (TPSA) is 51.1 Å². The van der Waals surface area contributed by atoms with E-state index >= 15 is 0 Å². The molecule has 0 spiro atoms. The number of hydrogen-bond acceptors (Lipinski definition) is 3. The summed E-state index contributed by atoms with van der Waals surface area (Å²) in [6.07, 6.45) is 0. The van der Waals surface area contributed by atoms with Crippen LogP contribution in [-0.4, -0.2) is 16.3 Å². The van der Waals surface area contributed by atoms with Crippen LogP contribution in [0.4, 0.5) is 5.69 Å². The summed E-state index contributed by atoms with van der Waals surface area (Å²) < 4.78 is 2.94. The first-order chi connectivity index (χ1) is 13.9. The number of fused-ring (bicyclic) bond motifs is 1. The molecule has 0 atom stereocenters. The number of nitrogens with one attached hydrogen (secondary N) is 1. The number of carbonyl (C=O) groups excluding carboxylic acids is 2. The monoisotopic (exact) mass is 422 g/mol. The van der Waals surface area contributed by atoms with Crippen LogP contribution in [-0.2, 0) is 11.3 Å². The number of aromatic nitrogens is 1. The van der Waals surface area contributed by atoms with E-state index in [1.54, 1.807) is 12.1 Å². The zero-order valence-corrected chi connectivity index (χ0v) is 17.6. The lowest BCUT2D eigenvalue weighted by molar-refractivity contribution is -0.112. The third-order valence-electron chi connectivity index (χ3n) is 4.84. The summed E-state index contributed by atoms with van der Waals surface area (Å²) in [7, 11) is 0. The number of ketones is 1. The van der Waals surface area contributed by atoms with Crippen LogP contribution < -0.4 is 5.32 Å². The minimum atomic E-state index is -0.629. The Morgan fingerprint density at radius 2 is 1.72 bits per heavy atom. The van der Waals surface area contributed by atoms with Crippen molar-refractivity contribution in [3.05, 3.63) is 87.4 Å². The summed E-state index contributed by atoms with van der Waals surface area (Å²) >= 11 is 7.53. The van der Waals surface area contributed by atoms with E-state index < -0.39 is 11.7 Å². The number of amides is 1. The molecular weight excluding hydrogens is 404 g/mol. The second kappa shape index (κ2) is 7.85. The van der Waals surface area contributed by atoms with E-state index in [0.29, 0.717) is 22.8 Å². The Balaban J connectivity index is 1.72. The third-order valence-corrected chi connectivity index (χ3v) is 6.15. The molecule has 146 valence electrons. The van der Waals surface area contributed by atoms with Gasteiger partial charge in [0.15, 0.2) is 0 Å². The number of nitrogens with zero attached hydrogens (tertiary/aromatic N) is 1. The van der Waals surface area contributed by atoms with Gasteiger partial charge in [-0.05, 0) is 49.7 Å². The van der Waals surface area contributed by atoms with E-state index in [2.05, 4.69) is 16.0 Å². The molecule has 4 aromatic rings. The zero-order valence-electron chi connectivity index (χ0n) is 16.0. The Kier molecular flexibility index (Phi) is 5.26. The lowest BCUT2D eigenvalue weighted by Gasteiger charge is -2.09. The van der Waals surface area contributed by atoms with Crippen molar-refractivity contribution in [3.63, 3.8) is 0 Å². The summed E-state index contributed by atoms with van der Waals surface area (Å²) in [6.45, 7) is 4.50. The maximum absolute atomic E-state index is 13.1. The van der Waals surface area contributed by atoms with Gasteiger partial charge in [0.25, 0.3) is 11.7 Å². The molecule has 1 amide bonds. The first kappa shape index (κ1) is 19.4. The first-order valence-corrected chi connectivity index (χ1v) is 10.4. The highest BCUT2D eigenvalue weighted by atomic mass is 35.5. The first-order valence-electron chi connectivity index (χ1n) is 9.18. The van der Waals surface area contributed by atoms with Crippen LogP contribution in [0.25, 0.3) is 10.2 Å². The van der Waals surface area contributed by atoms with Crippen LogP contribution in [0.15, 0.2) is 60.7 Å². The fourth-order valence-corrected chi connectivity index (χ4v) is 4.66. The van der Waals surface area contributed by atoms with Gasteiger partial charge in [-0.15, -0.1) is 11.3 Å². The third kappa shape index (κ3) is 3.84. The van der Waals surface area contributed by atoms with Gasteiger partial charge < -0.3 is 9.88 Å². The highest BCUT2D eigenvalue weighted by Crippen LogP contribution is 2.34. The molecule has 2 aromatic carbocycles. The van der Waals surface area contributed by atoms with Crippen molar-refractivity contribution in [1.82, 2.24) is 4.57 Å². The zero-order chi connectivity index (χ0) is 20.5. The Labute approximate surface area is 177 Å². The highest BCUT2D eigenvalue weighted by Gasteiger charge is 2.26. The minimum Gasteiger partial charge on any atom is -0.339 e. The average Bonchev–Trinajstić information content (AvgIpc) is 3.19. The lowest BCUT2D eigenvalue weighted by atomic mass is 10.1. The largest absolute Gasteiger partial charge is 0.339 e. The summed E-state index contributed by atoms with van der Waals surface area (Å²) in [6, 6.07) is 18.7. The number of hydrogen-bond donors (Lipinski definition) is 1. The summed E-state index contributed by atoms with van der Waals surface area (Å²) in [4.78, 5) is 26.8. The molecule has 0 aliphatic rings. The normalized spacial score (nSPS) is 11.0. The predicted octanol–water partition coefficient (Wildman–Crippen LogP) is 5.84. The van der Waals surface area contributed by atoms with Gasteiger partial charge >= 0.3 is 0 Å². The molecule has 4 nitrogen and oxygen atoms in total. The second-order valence-corrected chi connectivity index (χ2v) is 8.59. The van der Waals surface area contributed by atoms with E-state index in [-0.39, 0.29) is 0 Å².